The van der Waals surface area contributed by atoms with E-state index in [9.17, 15) is 4.79 Å². The third-order valence-electron chi connectivity index (χ3n) is 4.55. The maximum Gasteiger partial charge on any atom is 0.265 e. The van der Waals surface area contributed by atoms with Crippen LogP contribution in [0.3, 0.4) is 0 Å². The van der Waals surface area contributed by atoms with Crippen molar-refractivity contribution < 1.29 is 4.79 Å². The number of thiophene rings is 1. The average molecular weight is 352 g/mol. The first-order valence-corrected chi connectivity index (χ1v) is 9.33. The zero-order chi connectivity index (χ0) is 17.2. The molecular formula is C19H20N4OS. The van der Waals surface area contributed by atoms with Gasteiger partial charge in [-0.3, -0.25) is 4.79 Å². The lowest BCUT2D eigenvalue weighted by atomic mass is 9.90. The van der Waals surface area contributed by atoms with Gasteiger partial charge in [0.25, 0.3) is 5.91 Å². The Morgan fingerprint density at radius 3 is 3.16 bits per heavy atom. The second kappa shape index (κ2) is 6.80. The third kappa shape index (κ3) is 3.64. The average Bonchev–Trinajstić information content (AvgIpc) is 3.24. The van der Waals surface area contributed by atoms with E-state index in [2.05, 4.69) is 28.4 Å². The largest absolute Gasteiger partial charge is 0.321 e. The molecule has 0 saturated heterocycles. The first-order valence-electron chi connectivity index (χ1n) is 8.51. The molecular weight excluding hydrogens is 332 g/mol. The predicted octanol–water partition coefficient (Wildman–Crippen LogP) is 3.77. The molecule has 1 amide bonds. The molecule has 3 aromatic rings. The minimum atomic E-state index is -0.0232. The summed E-state index contributed by atoms with van der Waals surface area (Å²) in [5.74, 6) is 0.691. The Bertz CT molecular complexity index is 885. The quantitative estimate of drug-likeness (QED) is 0.778. The molecule has 1 N–H and O–H groups in total. The Labute approximate surface area is 150 Å². The molecule has 1 aliphatic rings. The number of nitrogens with one attached hydrogen (secondary N) is 1. The van der Waals surface area contributed by atoms with Crippen LogP contribution < -0.4 is 5.32 Å². The van der Waals surface area contributed by atoms with Crippen molar-refractivity contribution >= 4 is 22.9 Å². The minimum Gasteiger partial charge on any atom is -0.321 e. The van der Waals surface area contributed by atoms with Gasteiger partial charge in [0.15, 0.2) is 0 Å². The van der Waals surface area contributed by atoms with E-state index in [0.717, 1.165) is 29.0 Å². The molecule has 1 aliphatic carbocycles. The van der Waals surface area contributed by atoms with E-state index in [-0.39, 0.29) is 5.91 Å². The van der Waals surface area contributed by atoms with Crippen LogP contribution in [0.5, 0.6) is 0 Å². The van der Waals surface area contributed by atoms with E-state index in [1.54, 1.807) is 22.3 Å². The number of carbonyl (C=O) groups is 1. The second-order valence-electron chi connectivity index (χ2n) is 6.65. The summed E-state index contributed by atoms with van der Waals surface area (Å²) in [7, 11) is 0. The van der Waals surface area contributed by atoms with Crippen LogP contribution in [0.15, 0.2) is 43.0 Å². The molecule has 2 aromatic heterocycles. The lowest BCUT2D eigenvalue weighted by molar-refractivity contribution is 0.103. The summed E-state index contributed by atoms with van der Waals surface area (Å²) in [6.45, 7) is 2.91. The van der Waals surface area contributed by atoms with Crippen molar-refractivity contribution in [3.63, 3.8) is 0 Å². The molecule has 0 spiro atoms. The van der Waals surface area contributed by atoms with Gasteiger partial charge in [-0.15, -0.1) is 11.3 Å². The Balaban J connectivity index is 1.47. The summed E-state index contributed by atoms with van der Waals surface area (Å²) in [6, 6.07) is 9.93. The Kier molecular flexibility index (Phi) is 4.36. The fourth-order valence-corrected chi connectivity index (χ4v) is 4.36. The number of amides is 1. The van der Waals surface area contributed by atoms with Gasteiger partial charge in [0.05, 0.1) is 11.4 Å². The van der Waals surface area contributed by atoms with Gasteiger partial charge in [-0.1, -0.05) is 19.1 Å². The molecule has 128 valence electrons. The van der Waals surface area contributed by atoms with E-state index < -0.39 is 0 Å². The molecule has 0 bridgehead atoms. The number of nitrogens with zero attached hydrogens (tertiary/aromatic N) is 3. The van der Waals surface area contributed by atoms with Crippen molar-refractivity contribution in [2.45, 2.75) is 32.7 Å². The maximum atomic E-state index is 12.6. The van der Waals surface area contributed by atoms with Crippen LogP contribution in [0, 0.1) is 5.92 Å². The van der Waals surface area contributed by atoms with Gasteiger partial charge in [0.1, 0.15) is 12.7 Å². The molecule has 1 aromatic carbocycles. The second-order valence-corrected chi connectivity index (χ2v) is 7.79. The molecule has 2 heterocycles. The summed E-state index contributed by atoms with van der Waals surface area (Å²) in [6.07, 6.45) is 6.61. The number of anilines is 1. The Morgan fingerprint density at radius 1 is 1.40 bits per heavy atom. The third-order valence-corrected chi connectivity index (χ3v) is 5.78. The summed E-state index contributed by atoms with van der Waals surface area (Å²) >= 11 is 1.64. The summed E-state index contributed by atoms with van der Waals surface area (Å²) < 4.78 is 1.76. The summed E-state index contributed by atoms with van der Waals surface area (Å²) in [5.41, 5.74) is 3.23. The van der Waals surface area contributed by atoms with Gasteiger partial charge in [0, 0.05) is 10.6 Å². The van der Waals surface area contributed by atoms with Crippen LogP contribution in [0.2, 0.25) is 0 Å². The van der Waals surface area contributed by atoms with Gasteiger partial charge in [-0.05, 0) is 54.5 Å². The maximum absolute atomic E-state index is 12.6. The molecule has 1 unspecified atom stereocenters. The van der Waals surface area contributed by atoms with E-state index in [0.29, 0.717) is 12.5 Å². The van der Waals surface area contributed by atoms with E-state index in [4.69, 9.17) is 0 Å². The van der Waals surface area contributed by atoms with Crippen LogP contribution in [0.1, 0.15) is 39.0 Å². The van der Waals surface area contributed by atoms with Crippen LogP contribution in [0.4, 0.5) is 5.69 Å². The van der Waals surface area contributed by atoms with Crippen molar-refractivity contribution in [2.75, 3.05) is 5.32 Å². The molecule has 0 radical (unpaired) electrons. The van der Waals surface area contributed by atoms with Crippen LogP contribution >= 0.6 is 11.3 Å². The van der Waals surface area contributed by atoms with Gasteiger partial charge in [-0.2, -0.15) is 5.10 Å². The predicted molar refractivity (Wildman–Crippen MR) is 99.0 cm³/mol. The highest BCUT2D eigenvalue weighted by Gasteiger charge is 2.20. The molecule has 0 saturated carbocycles. The number of benzene rings is 1. The molecule has 6 heteroatoms. The number of hydrogen-bond donors (Lipinski definition) is 1. The SMILES string of the molecule is CC1CCc2sc(C(=O)Nc3cccc(Cn4cncn4)c3)cc2C1. The number of fused-ring (bicyclic) bond motifs is 1. The van der Waals surface area contributed by atoms with Crippen molar-refractivity contribution in [1.82, 2.24) is 14.8 Å². The first-order chi connectivity index (χ1) is 12.2. The highest BCUT2D eigenvalue weighted by atomic mass is 32.1. The zero-order valence-electron chi connectivity index (χ0n) is 14.1. The van der Waals surface area contributed by atoms with Crippen molar-refractivity contribution in [2.24, 2.45) is 5.92 Å². The monoisotopic (exact) mass is 352 g/mol. The van der Waals surface area contributed by atoms with Gasteiger partial charge < -0.3 is 5.32 Å². The van der Waals surface area contributed by atoms with Crippen LogP contribution in [-0.4, -0.2) is 20.7 Å². The molecule has 0 fully saturated rings. The standard InChI is InChI=1S/C19H20N4OS/c1-13-5-6-17-15(7-13)9-18(25-17)19(24)22-16-4-2-3-14(8-16)10-23-12-20-11-21-23/h2-4,8-9,11-13H,5-7,10H2,1H3,(H,22,24). The highest BCUT2D eigenvalue weighted by Crippen LogP contribution is 2.32. The van der Waals surface area contributed by atoms with E-state index >= 15 is 0 Å². The highest BCUT2D eigenvalue weighted by molar-refractivity contribution is 7.14. The number of rotatable bonds is 4. The fraction of sp³-hybridized carbons (Fsp3) is 0.316. The number of hydrogen-bond acceptors (Lipinski definition) is 4. The Hall–Kier alpha value is -2.47. The van der Waals surface area contributed by atoms with Gasteiger partial charge in [-0.25, -0.2) is 9.67 Å². The molecule has 0 aliphatic heterocycles. The Morgan fingerprint density at radius 2 is 2.32 bits per heavy atom. The first kappa shape index (κ1) is 16.0. The number of aryl methyl sites for hydroxylation is 1. The molecule has 25 heavy (non-hydrogen) atoms. The lowest BCUT2D eigenvalue weighted by Crippen LogP contribution is -2.11. The van der Waals surface area contributed by atoms with Crippen LogP contribution in [0.25, 0.3) is 0 Å². The van der Waals surface area contributed by atoms with Crippen molar-refractivity contribution in [3.05, 3.63) is 63.9 Å². The van der Waals surface area contributed by atoms with E-state index in [1.807, 2.05) is 24.3 Å². The lowest BCUT2D eigenvalue weighted by Gasteiger charge is -2.16. The normalized spacial score (nSPS) is 16.4. The van der Waals surface area contributed by atoms with Gasteiger partial charge >= 0.3 is 0 Å². The van der Waals surface area contributed by atoms with Crippen molar-refractivity contribution in [3.8, 4) is 0 Å². The van der Waals surface area contributed by atoms with E-state index in [1.165, 1.54) is 23.2 Å². The smallest absolute Gasteiger partial charge is 0.265 e. The van der Waals surface area contributed by atoms with Gasteiger partial charge in [0.2, 0.25) is 0 Å². The summed E-state index contributed by atoms with van der Waals surface area (Å²) in [4.78, 5) is 18.7. The molecule has 1 atom stereocenters. The molecule has 5 nitrogen and oxygen atoms in total. The van der Waals surface area contributed by atoms with Crippen molar-refractivity contribution in [1.29, 1.82) is 0 Å². The topological polar surface area (TPSA) is 59.8 Å². The molecule has 4 rings (SSSR count). The minimum absolute atomic E-state index is 0.0232. The fourth-order valence-electron chi connectivity index (χ4n) is 3.26. The number of carbonyl (C=O) groups excluding carboxylic acids is 1. The summed E-state index contributed by atoms with van der Waals surface area (Å²) in [5, 5.41) is 7.14. The zero-order valence-corrected chi connectivity index (χ0v) is 14.9. The number of aromatic nitrogens is 3. The van der Waals surface area contributed by atoms with Crippen LogP contribution in [-0.2, 0) is 19.4 Å².